The van der Waals surface area contributed by atoms with Crippen molar-refractivity contribution in [1.29, 1.82) is 0 Å². The van der Waals surface area contributed by atoms with Gasteiger partial charge in [-0.3, -0.25) is 4.79 Å². The Morgan fingerprint density at radius 1 is 0.767 bits per heavy atom. The van der Waals surface area contributed by atoms with Crippen molar-refractivity contribution >= 4 is 5.97 Å². The lowest BCUT2D eigenvalue weighted by molar-refractivity contribution is -0.145. The van der Waals surface area contributed by atoms with E-state index < -0.39 is 0 Å². The summed E-state index contributed by atoms with van der Waals surface area (Å²) in [7, 11) is 0. The summed E-state index contributed by atoms with van der Waals surface area (Å²) in [6, 6.07) is 8.44. The Morgan fingerprint density at radius 2 is 1.27 bits per heavy atom. The minimum absolute atomic E-state index is 0.0360. The molecule has 0 aliphatic rings. The molecule has 172 valence electrons. The molecule has 0 spiro atoms. The topological polar surface area (TPSA) is 26.3 Å². The van der Waals surface area contributed by atoms with Crippen molar-refractivity contribution in [3.8, 4) is 0 Å². The predicted octanol–water partition coefficient (Wildman–Crippen LogP) is 8.59. The van der Waals surface area contributed by atoms with Crippen LogP contribution in [0.5, 0.6) is 0 Å². The summed E-state index contributed by atoms with van der Waals surface area (Å²) < 4.78 is 5.70. The molecule has 0 radical (unpaired) electrons. The van der Waals surface area contributed by atoms with Crippen molar-refractivity contribution < 1.29 is 9.53 Å². The largest absolute Gasteiger partial charge is 0.465 e. The summed E-state index contributed by atoms with van der Waals surface area (Å²) >= 11 is 0. The second kappa shape index (κ2) is 18.5. The van der Waals surface area contributed by atoms with E-state index in [1.165, 1.54) is 101 Å². The molecule has 0 bridgehead atoms. The van der Waals surface area contributed by atoms with Crippen LogP contribution in [0.2, 0.25) is 0 Å². The zero-order valence-electron chi connectivity index (χ0n) is 20.2. The average molecular weight is 417 g/mol. The van der Waals surface area contributed by atoms with Crippen molar-refractivity contribution in [1.82, 2.24) is 0 Å². The Hall–Kier alpha value is -1.31. The molecule has 0 N–H and O–H groups in total. The van der Waals surface area contributed by atoms with Gasteiger partial charge in [0.25, 0.3) is 0 Å². The Morgan fingerprint density at radius 3 is 1.80 bits per heavy atom. The van der Waals surface area contributed by atoms with Crippen molar-refractivity contribution in [2.75, 3.05) is 6.61 Å². The van der Waals surface area contributed by atoms with Crippen LogP contribution in [0.4, 0.5) is 0 Å². The lowest BCUT2D eigenvalue weighted by Crippen LogP contribution is -2.15. The average Bonchev–Trinajstić information content (AvgIpc) is 2.75. The molecular formula is C28H48O2. The van der Waals surface area contributed by atoms with Crippen LogP contribution in [-0.4, -0.2) is 12.6 Å². The monoisotopic (exact) mass is 416 g/mol. The van der Waals surface area contributed by atoms with E-state index in [0.29, 0.717) is 18.9 Å². The molecule has 1 unspecified atom stereocenters. The van der Waals surface area contributed by atoms with E-state index in [1.807, 2.05) is 0 Å². The lowest BCUT2D eigenvalue weighted by Gasteiger charge is -2.17. The lowest BCUT2D eigenvalue weighted by atomic mass is 9.95. The molecule has 0 amide bonds. The van der Waals surface area contributed by atoms with Gasteiger partial charge in [-0.25, -0.2) is 0 Å². The zero-order chi connectivity index (χ0) is 21.9. The van der Waals surface area contributed by atoms with E-state index >= 15 is 0 Å². The van der Waals surface area contributed by atoms with Crippen molar-refractivity contribution in [2.45, 2.75) is 124 Å². The molecule has 1 aromatic carbocycles. The molecule has 1 rings (SSSR count). The minimum atomic E-state index is -0.0360. The van der Waals surface area contributed by atoms with Crippen LogP contribution in [0.3, 0.4) is 0 Å². The highest BCUT2D eigenvalue weighted by Gasteiger charge is 2.12. The molecule has 0 aliphatic carbocycles. The number of hydrogen-bond donors (Lipinski definition) is 0. The molecule has 30 heavy (non-hydrogen) atoms. The third kappa shape index (κ3) is 14.6. The first kappa shape index (κ1) is 26.7. The van der Waals surface area contributed by atoms with Gasteiger partial charge in [0.05, 0.1) is 6.61 Å². The maximum atomic E-state index is 12.3. The first-order valence-corrected chi connectivity index (χ1v) is 12.9. The second-order valence-corrected chi connectivity index (χ2v) is 9.15. The second-order valence-electron chi connectivity index (χ2n) is 9.15. The van der Waals surface area contributed by atoms with Crippen LogP contribution >= 0.6 is 0 Å². The van der Waals surface area contributed by atoms with Gasteiger partial charge in [-0.15, -0.1) is 0 Å². The number of rotatable bonds is 19. The van der Waals surface area contributed by atoms with Crippen molar-refractivity contribution in [3.05, 3.63) is 35.4 Å². The number of hydrogen-bond acceptors (Lipinski definition) is 2. The van der Waals surface area contributed by atoms with Gasteiger partial charge < -0.3 is 4.74 Å². The fourth-order valence-corrected chi connectivity index (χ4v) is 4.02. The van der Waals surface area contributed by atoms with Crippen LogP contribution in [0.15, 0.2) is 24.3 Å². The van der Waals surface area contributed by atoms with Crippen LogP contribution < -0.4 is 0 Å². The molecule has 0 heterocycles. The molecule has 0 saturated heterocycles. The molecule has 1 atom stereocenters. The fraction of sp³-hybridized carbons (Fsp3) is 0.750. The van der Waals surface area contributed by atoms with E-state index in [-0.39, 0.29) is 5.97 Å². The number of unbranched alkanes of at least 4 members (excludes halogenated alkanes) is 10. The number of esters is 1. The molecule has 0 saturated carbocycles. The summed E-state index contributed by atoms with van der Waals surface area (Å²) in [5, 5.41) is 0. The highest BCUT2D eigenvalue weighted by molar-refractivity contribution is 5.69. The van der Waals surface area contributed by atoms with Crippen molar-refractivity contribution in [2.24, 2.45) is 5.92 Å². The van der Waals surface area contributed by atoms with E-state index in [4.69, 9.17) is 4.74 Å². The summed E-state index contributed by atoms with van der Waals surface area (Å²) in [6.07, 6.45) is 19.7. The highest BCUT2D eigenvalue weighted by atomic mass is 16.5. The molecular weight excluding hydrogens is 368 g/mol. The molecule has 0 aliphatic heterocycles. The van der Waals surface area contributed by atoms with E-state index in [1.54, 1.807) is 0 Å². The smallest absolute Gasteiger partial charge is 0.306 e. The number of carbonyl (C=O) groups excluding carboxylic acids is 1. The van der Waals surface area contributed by atoms with Crippen LogP contribution in [0.25, 0.3) is 0 Å². The van der Waals surface area contributed by atoms with E-state index in [2.05, 4.69) is 45.0 Å². The molecule has 0 fully saturated rings. The predicted molar refractivity (Wildman–Crippen MR) is 130 cm³/mol. The van der Waals surface area contributed by atoms with Gasteiger partial charge in [0.1, 0.15) is 0 Å². The highest BCUT2D eigenvalue weighted by Crippen LogP contribution is 2.20. The SMILES string of the molecule is CCCCCCCCCC(CCCCCCC)COC(=O)CCc1ccc(C)cc1. The Kier molecular flexibility index (Phi) is 16.4. The summed E-state index contributed by atoms with van der Waals surface area (Å²) in [4.78, 5) is 12.3. The van der Waals surface area contributed by atoms with E-state index in [0.717, 1.165) is 6.42 Å². The number of aryl methyl sites for hydroxylation is 2. The normalized spacial score (nSPS) is 12.1. The summed E-state index contributed by atoms with van der Waals surface area (Å²) in [6.45, 7) is 7.24. The van der Waals surface area contributed by atoms with Crippen LogP contribution in [0, 0.1) is 12.8 Å². The maximum absolute atomic E-state index is 12.3. The maximum Gasteiger partial charge on any atom is 0.306 e. The molecule has 1 aromatic rings. The number of carbonyl (C=O) groups is 1. The van der Waals surface area contributed by atoms with Gasteiger partial charge in [0.15, 0.2) is 0 Å². The third-order valence-corrected chi connectivity index (χ3v) is 6.15. The minimum Gasteiger partial charge on any atom is -0.465 e. The van der Waals surface area contributed by atoms with Gasteiger partial charge in [-0.2, -0.15) is 0 Å². The van der Waals surface area contributed by atoms with Crippen molar-refractivity contribution in [3.63, 3.8) is 0 Å². The Bertz CT molecular complexity index is 520. The van der Waals surface area contributed by atoms with Crippen LogP contribution in [-0.2, 0) is 16.0 Å². The molecule has 2 nitrogen and oxygen atoms in total. The number of benzene rings is 1. The van der Waals surface area contributed by atoms with Gasteiger partial charge in [-0.1, -0.05) is 121 Å². The fourth-order valence-electron chi connectivity index (χ4n) is 4.02. The molecule has 2 heteroatoms. The summed E-state index contributed by atoms with van der Waals surface area (Å²) in [5.41, 5.74) is 2.47. The Balaban J connectivity index is 2.27. The first-order chi connectivity index (χ1) is 14.7. The van der Waals surface area contributed by atoms with Crippen LogP contribution in [0.1, 0.15) is 121 Å². The van der Waals surface area contributed by atoms with E-state index in [9.17, 15) is 4.79 Å². The summed E-state index contributed by atoms with van der Waals surface area (Å²) in [5.74, 6) is 0.511. The molecule has 0 aromatic heterocycles. The van der Waals surface area contributed by atoms with Gasteiger partial charge in [0, 0.05) is 6.42 Å². The van der Waals surface area contributed by atoms with Gasteiger partial charge >= 0.3 is 5.97 Å². The quantitative estimate of drug-likeness (QED) is 0.167. The number of ether oxygens (including phenoxy) is 1. The third-order valence-electron chi connectivity index (χ3n) is 6.15. The zero-order valence-corrected chi connectivity index (χ0v) is 20.2. The van der Waals surface area contributed by atoms with Gasteiger partial charge in [0.2, 0.25) is 0 Å². The Labute approximate surface area is 187 Å². The van der Waals surface area contributed by atoms with Gasteiger partial charge in [-0.05, 0) is 37.7 Å². The standard InChI is InChI=1S/C28H48O2/c1-4-6-8-10-11-13-15-17-27(16-14-12-9-7-5-2)24-30-28(29)23-22-26-20-18-25(3)19-21-26/h18-21,27H,4-17,22-24H2,1-3H3. The first-order valence-electron chi connectivity index (χ1n) is 12.9.